The summed E-state index contributed by atoms with van der Waals surface area (Å²) in [7, 11) is 0. The van der Waals surface area contributed by atoms with E-state index in [4.69, 9.17) is 0 Å². The molecule has 1 saturated heterocycles. The average molecular weight is 331 g/mol. The van der Waals surface area contributed by atoms with Crippen LogP contribution in [0.3, 0.4) is 0 Å². The van der Waals surface area contributed by atoms with Gasteiger partial charge in [-0.15, -0.1) is 0 Å². The van der Waals surface area contributed by atoms with Gasteiger partial charge in [0.05, 0.1) is 36.9 Å². The summed E-state index contributed by atoms with van der Waals surface area (Å²) < 4.78 is 2.03. The number of hydrogen-bond donors (Lipinski definition) is 3. The smallest absolute Gasteiger partial charge is 0.0991 e. The van der Waals surface area contributed by atoms with E-state index in [1.807, 2.05) is 46.7 Å². The zero-order valence-electron chi connectivity index (χ0n) is 13.9. The first kappa shape index (κ1) is 17.1. The molecule has 0 unspecified atom stereocenters. The molecule has 4 atom stereocenters. The molecule has 2 aromatic rings. The number of hydrogen-bond acceptors (Lipinski definition) is 5. The predicted octanol–water partition coefficient (Wildman–Crippen LogP) is 0.413. The third-order valence-electron chi connectivity index (χ3n) is 4.95. The standard InChI is InChI=1S/C18H25N3O3/c1-2-20-12-19-9-14(20)10-21-15(8-13-6-4-3-5-7-13)17(23)18(24)16(21)11-22/h3-7,9,12,15-18,22-24H,2,8,10-11H2,1H3/t15-,16+,17-,18+/m0/s1. The first-order chi connectivity index (χ1) is 11.7. The predicted molar refractivity (Wildman–Crippen MR) is 90.3 cm³/mol. The lowest BCUT2D eigenvalue weighted by molar-refractivity contribution is 0.0177. The normalized spacial score (nSPS) is 27.7. The molecule has 1 aliphatic rings. The van der Waals surface area contributed by atoms with Gasteiger partial charge >= 0.3 is 0 Å². The lowest BCUT2D eigenvalue weighted by Gasteiger charge is -2.30. The van der Waals surface area contributed by atoms with E-state index in [1.165, 1.54) is 0 Å². The minimum atomic E-state index is -0.957. The van der Waals surface area contributed by atoms with Crippen LogP contribution in [0.4, 0.5) is 0 Å². The van der Waals surface area contributed by atoms with Crippen molar-refractivity contribution in [1.29, 1.82) is 0 Å². The van der Waals surface area contributed by atoms with Gasteiger partial charge in [0, 0.05) is 25.3 Å². The summed E-state index contributed by atoms with van der Waals surface area (Å²) in [4.78, 5) is 6.19. The van der Waals surface area contributed by atoms with Gasteiger partial charge in [-0.3, -0.25) is 4.90 Å². The van der Waals surface area contributed by atoms with Gasteiger partial charge in [-0.25, -0.2) is 4.98 Å². The first-order valence-corrected chi connectivity index (χ1v) is 8.41. The number of aryl methyl sites for hydroxylation is 1. The number of benzene rings is 1. The zero-order chi connectivity index (χ0) is 17.1. The maximum atomic E-state index is 10.5. The van der Waals surface area contributed by atoms with Crippen LogP contribution in [-0.2, 0) is 19.5 Å². The average Bonchev–Trinajstić information content (AvgIpc) is 3.14. The highest BCUT2D eigenvalue weighted by Crippen LogP contribution is 2.29. The summed E-state index contributed by atoms with van der Waals surface area (Å²) in [5.74, 6) is 0. The molecule has 24 heavy (non-hydrogen) atoms. The molecule has 1 fully saturated rings. The Hall–Kier alpha value is -1.73. The van der Waals surface area contributed by atoms with Crippen molar-refractivity contribution in [3.63, 3.8) is 0 Å². The molecule has 0 radical (unpaired) electrons. The SMILES string of the molecule is CCn1cncc1CN1[C@H](CO)[C@@H](O)[C@@H](O)[C@@H]1Cc1ccccc1. The molecule has 0 amide bonds. The molecule has 0 saturated carbocycles. The molecular weight excluding hydrogens is 306 g/mol. The number of nitrogens with zero attached hydrogens (tertiary/aromatic N) is 3. The van der Waals surface area contributed by atoms with Gasteiger partial charge in [-0.2, -0.15) is 0 Å². The topological polar surface area (TPSA) is 81.8 Å². The fourth-order valence-corrected chi connectivity index (χ4v) is 3.59. The number of imidazole rings is 1. The van der Waals surface area contributed by atoms with Crippen LogP contribution in [0.25, 0.3) is 0 Å². The minimum Gasteiger partial charge on any atom is -0.395 e. The first-order valence-electron chi connectivity index (χ1n) is 8.41. The number of likely N-dealkylation sites (tertiary alicyclic amines) is 1. The molecule has 2 heterocycles. The summed E-state index contributed by atoms with van der Waals surface area (Å²) in [5.41, 5.74) is 2.11. The second-order valence-corrected chi connectivity index (χ2v) is 6.33. The fourth-order valence-electron chi connectivity index (χ4n) is 3.59. The van der Waals surface area contributed by atoms with Crippen LogP contribution in [-0.4, -0.2) is 60.7 Å². The monoisotopic (exact) mass is 331 g/mol. The highest BCUT2D eigenvalue weighted by Gasteiger charge is 2.47. The van der Waals surface area contributed by atoms with Gasteiger partial charge < -0.3 is 19.9 Å². The minimum absolute atomic E-state index is 0.191. The summed E-state index contributed by atoms with van der Waals surface area (Å²) in [6, 6.07) is 9.19. The Kier molecular flexibility index (Phi) is 5.30. The van der Waals surface area contributed by atoms with Crippen LogP contribution < -0.4 is 0 Å². The molecule has 0 spiro atoms. The van der Waals surface area contributed by atoms with E-state index in [2.05, 4.69) is 4.98 Å². The largest absolute Gasteiger partial charge is 0.395 e. The summed E-state index contributed by atoms with van der Waals surface area (Å²) in [5, 5.41) is 30.6. The molecule has 1 aromatic carbocycles. The third kappa shape index (κ3) is 3.23. The van der Waals surface area contributed by atoms with Crippen molar-refractivity contribution in [3.8, 4) is 0 Å². The molecule has 0 aliphatic carbocycles. The fraction of sp³-hybridized carbons (Fsp3) is 0.500. The number of aliphatic hydroxyl groups is 3. The molecule has 6 heteroatoms. The molecule has 3 rings (SSSR count). The van der Waals surface area contributed by atoms with Crippen LogP contribution in [0, 0.1) is 0 Å². The summed E-state index contributed by atoms with van der Waals surface area (Å²) in [6.45, 7) is 3.19. The van der Waals surface area contributed by atoms with Gasteiger partial charge in [0.1, 0.15) is 0 Å². The zero-order valence-corrected chi connectivity index (χ0v) is 13.9. The number of rotatable bonds is 6. The van der Waals surface area contributed by atoms with Gasteiger partial charge in [-0.05, 0) is 18.9 Å². The van der Waals surface area contributed by atoms with E-state index in [0.717, 1.165) is 17.8 Å². The third-order valence-corrected chi connectivity index (χ3v) is 4.95. The molecule has 1 aliphatic heterocycles. The van der Waals surface area contributed by atoms with Crippen molar-refractivity contribution >= 4 is 0 Å². The number of aromatic nitrogens is 2. The Balaban J connectivity index is 1.85. The lowest BCUT2D eigenvalue weighted by atomic mass is 10.0. The van der Waals surface area contributed by atoms with Crippen LogP contribution >= 0.6 is 0 Å². The Labute approximate surface area is 142 Å². The van der Waals surface area contributed by atoms with E-state index >= 15 is 0 Å². The van der Waals surface area contributed by atoms with Gasteiger partial charge in [-0.1, -0.05) is 30.3 Å². The highest BCUT2D eigenvalue weighted by atomic mass is 16.3. The summed E-state index contributed by atoms with van der Waals surface area (Å²) in [6.07, 6.45) is 2.35. The number of aliphatic hydroxyl groups excluding tert-OH is 3. The Morgan fingerprint density at radius 1 is 1.08 bits per heavy atom. The molecule has 130 valence electrons. The molecular formula is C18H25N3O3. The van der Waals surface area contributed by atoms with E-state index in [0.29, 0.717) is 13.0 Å². The van der Waals surface area contributed by atoms with Crippen LogP contribution in [0.2, 0.25) is 0 Å². The van der Waals surface area contributed by atoms with Crippen molar-refractivity contribution in [2.24, 2.45) is 0 Å². The van der Waals surface area contributed by atoms with E-state index in [9.17, 15) is 15.3 Å². The molecule has 0 bridgehead atoms. The van der Waals surface area contributed by atoms with Gasteiger partial charge in [0.15, 0.2) is 0 Å². The van der Waals surface area contributed by atoms with Crippen molar-refractivity contribution in [2.75, 3.05) is 6.61 Å². The van der Waals surface area contributed by atoms with Crippen molar-refractivity contribution in [1.82, 2.24) is 14.5 Å². The Morgan fingerprint density at radius 2 is 1.79 bits per heavy atom. The van der Waals surface area contributed by atoms with E-state index in [1.54, 1.807) is 12.5 Å². The summed E-state index contributed by atoms with van der Waals surface area (Å²) >= 11 is 0. The molecule has 6 nitrogen and oxygen atoms in total. The second-order valence-electron chi connectivity index (χ2n) is 6.33. The van der Waals surface area contributed by atoms with Crippen molar-refractivity contribution in [2.45, 2.75) is 50.7 Å². The van der Waals surface area contributed by atoms with Crippen molar-refractivity contribution in [3.05, 3.63) is 54.1 Å². The van der Waals surface area contributed by atoms with Crippen molar-refractivity contribution < 1.29 is 15.3 Å². The maximum Gasteiger partial charge on any atom is 0.0991 e. The van der Waals surface area contributed by atoms with Gasteiger partial charge in [0.2, 0.25) is 0 Å². The second kappa shape index (κ2) is 7.44. The maximum absolute atomic E-state index is 10.5. The highest BCUT2D eigenvalue weighted by molar-refractivity contribution is 5.18. The quantitative estimate of drug-likeness (QED) is 0.714. The van der Waals surface area contributed by atoms with Crippen LogP contribution in [0.15, 0.2) is 42.9 Å². The lowest BCUT2D eigenvalue weighted by Crippen LogP contribution is -2.42. The Morgan fingerprint density at radius 3 is 2.46 bits per heavy atom. The van der Waals surface area contributed by atoms with Crippen LogP contribution in [0.1, 0.15) is 18.2 Å². The molecule has 1 aromatic heterocycles. The Bertz CT molecular complexity index is 646. The van der Waals surface area contributed by atoms with Gasteiger partial charge in [0.25, 0.3) is 0 Å². The van der Waals surface area contributed by atoms with E-state index < -0.39 is 18.2 Å². The van der Waals surface area contributed by atoms with Crippen LogP contribution in [0.5, 0.6) is 0 Å². The molecule has 3 N–H and O–H groups in total. The van der Waals surface area contributed by atoms with E-state index in [-0.39, 0.29) is 12.6 Å².